The number of halogens is 12. The van der Waals surface area contributed by atoms with Gasteiger partial charge in [-0.3, -0.25) is 0 Å². The third kappa shape index (κ3) is 4.99. The molecule has 1 aliphatic heterocycles. The number of nitrogens with zero attached hydrogens (tertiary/aromatic N) is 1. The molecule has 5 heterocycles. The van der Waals surface area contributed by atoms with Gasteiger partial charge in [-0.05, 0) is 48.6 Å². The van der Waals surface area contributed by atoms with Gasteiger partial charge in [0.2, 0.25) is 34.9 Å². The lowest BCUT2D eigenvalue weighted by atomic mass is 10.0. The van der Waals surface area contributed by atoms with Crippen LogP contribution < -0.4 is 0 Å². The van der Waals surface area contributed by atoms with E-state index in [1.807, 2.05) is 0 Å². The average Bonchev–Trinajstić information content (AvgIpc) is 4.03. The zero-order chi connectivity index (χ0) is 40.2. The lowest BCUT2D eigenvalue weighted by molar-refractivity contribution is 0.358. The Morgan fingerprint density at radius 1 is 0.304 bits per heavy atom. The molecule has 0 amide bonds. The standard InChI is InChI=1S/C37H14F12N4O3/c38-23-20(24(39)30(45)35(54)29(23)44)17-11-3-1-9(50-11)10-2-4-12(51-10)18(21-25(40)31(46)36(55)32(47)26(21)41)14-6-8-16(53-14)19(15-7-5-13(17)52-15)22-27(42)33(48)37(56)34(49)28(22)43/h1-8,50,52-56H. The van der Waals surface area contributed by atoms with Crippen molar-refractivity contribution < 1.29 is 68.0 Å². The summed E-state index contributed by atoms with van der Waals surface area (Å²) in [6.45, 7) is 0. The maximum Gasteiger partial charge on any atom is 0.204 e. The van der Waals surface area contributed by atoms with E-state index >= 15 is 26.3 Å². The normalized spacial score (nSPS) is 12.1. The highest BCUT2D eigenvalue weighted by Crippen LogP contribution is 2.44. The van der Waals surface area contributed by atoms with Gasteiger partial charge in [-0.25, -0.2) is 31.3 Å². The summed E-state index contributed by atoms with van der Waals surface area (Å²) in [6, 6.07) is 6.04. The molecule has 3 aromatic carbocycles. The molecule has 0 unspecified atom stereocenters. The molecule has 0 saturated heterocycles. The molecule has 0 aliphatic carbocycles. The maximum absolute atomic E-state index is 15.7. The first kappa shape index (κ1) is 36.0. The van der Waals surface area contributed by atoms with Crippen molar-refractivity contribution in [2.75, 3.05) is 0 Å². The Kier molecular flexibility index (Phi) is 8.03. The molecule has 0 spiro atoms. The molecule has 0 fully saturated rings. The summed E-state index contributed by atoms with van der Waals surface area (Å²) in [4.78, 5) is 11.9. The van der Waals surface area contributed by atoms with Crippen molar-refractivity contribution in [2.45, 2.75) is 0 Å². The number of fused-ring (bicyclic) bond motifs is 9. The smallest absolute Gasteiger partial charge is 0.204 e. The lowest BCUT2D eigenvalue weighted by Gasteiger charge is -2.11. The van der Waals surface area contributed by atoms with Gasteiger partial charge in [0.15, 0.2) is 52.2 Å². The summed E-state index contributed by atoms with van der Waals surface area (Å²) in [7, 11) is 0. The first-order valence-electron chi connectivity index (χ1n) is 15.5. The zero-order valence-corrected chi connectivity index (χ0v) is 26.9. The Morgan fingerprint density at radius 3 is 0.893 bits per heavy atom. The number of H-pyrrole nitrogens is 3. The van der Waals surface area contributed by atoms with Gasteiger partial charge in [-0.15, -0.1) is 0 Å². The molecule has 8 rings (SSSR count). The van der Waals surface area contributed by atoms with E-state index in [2.05, 4.69) is 19.9 Å². The highest BCUT2D eigenvalue weighted by molar-refractivity contribution is 6.01. The molecule has 1 aliphatic rings. The van der Waals surface area contributed by atoms with E-state index in [1.165, 1.54) is 12.1 Å². The second kappa shape index (κ2) is 12.5. The minimum Gasteiger partial charge on any atom is -0.503 e. The van der Waals surface area contributed by atoms with E-state index in [4.69, 9.17) is 0 Å². The van der Waals surface area contributed by atoms with Gasteiger partial charge in [0, 0.05) is 44.3 Å². The van der Waals surface area contributed by atoms with Crippen molar-refractivity contribution in [3.8, 4) is 50.6 Å². The van der Waals surface area contributed by atoms with Crippen LogP contribution in [0.5, 0.6) is 17.2 Å². The maximum atomic E-state index is 15.7. The molecule has 0 atom stereocenters. The lowest BCUT2D eigenvalue weighted by Crippen LogP contribution is -2.02. The molecule has 7 aromatic rings. The second-order valence-electron chi connectivity index (χ2n) is 12.1. The predicted octanol–water partition coefficient (Wildman–Crippen LogP) is 10.5. The molecule has 0 saturated carbocycles. The first-order valence-corrected chi connectivity index (χ1v) is 15.5. The molecular weight excluding hydrogens is 776 g/mol. The Hall–Kier alpha value is -7.05. The quantitative estimate of drug-likeness (QED) is 0.0788. The van der Waals surface area contributed by atoms with Gasteiger partial charge in [-0.1, -0.05) is 0 Å². The number of phenols is 3. The Balaban J connectivity index is 1.65. The van der Waals surface area contributed by atoms with Crippen LogP contribution >= 0.6 is 0 Å². The number of aromatic nitrogens is 4. The number of phenolic OH excluding ortho intramolecular Hbond substituents is 3. The predicted molar refractivity (Wildman–Crippen MR) is 176 cm³/mol. The van der Waals surface area contributed by atoms with E-state index in [1.54, 1.807) is 0 Å². The van der Waals surface area contributed by atoms with Gasteiger partial charge in [-0.2, -0.15) is 26.3 Å². The first-order chi connectivity index (χ1) is 26.5. The van der Waals surface area contributed by atoms with E-state index < -0.39 is 148 Å². The largest absolute Gasteiger partial charge is 0.503 e. The van der Waals surface area contributed by atoms with E-state index in [0.717, 1.165) is 36.4 Å². The minimum atomic E-state index is -2.30. The summed E-state index contributed by atoms with van der Waals surface area (Å²) in [5, 5.41) is 29.0. The van der Waals surface area contributed by atoms with Crippen LogP contribution in [0.2, 0.25) is 0 Å². The molecule has 4 aromatic heterocycles. The molecular formula is C37H14F12N4O3. The van der Waals surface area contributed by atoms with E-state index in [-0.39, 0.29) is 16.7 Å². The molecule has 8 bridgehead atoms. The van der Waals surface area contributed by atoms with Crippen molar-refractivity contribution in [3.05, 3.63) is 118 Å². The monoisotopic (exact) mass is 790 g/mol. The van der Waals surface area contributed by atoms with Crippen molar-refractivity contribution in [1.29, 1.82) is 0 Å². The van der Waals surface area contributed by atoms with Crippen molar-refractivity contribution in [3.63, 3.8) is 0 Å². The fourth-order valence-corrected chi connectivity index (χ4v) is 6.46. The van der Waals surface area contributed by atoms with Crippen LogP contribution in [0.25, 0.3) is 78.6 Å². The van der Waals surface area contributed by atoms with Gasteiger partial charge in [0.25, 0.3) is 0 Å². The topological polar surface area (TPSA) is 121 Å². The van der Waals surface area contributed by atoms with Crippen molar-refractivity contribution in [1.82, 2.24) is 19.9 Å². The average molecular weight is 791 g/mol. The summed E-state index contributed by atoms with van der Waals surface area (Å²) >= 11 is 0. The highest BCUT2D eigenvalue weighted by atomic mass is 19.2. The Labute approximate surface area is 301 Å². The third-order valence-corrected chi connectivity index (χ3v) is 9.05. The Morgan fingerprint density at radius 2 is 0.554 bits per heavy atom. The van der Waals surface area contributed by atoms with Crippen molar-refractivity contribution >= 4 is 45.3 Å². The molecule has 56 heavy (non-hydrogen) atoms. The number of rotatable bonds is 3. The molecule has 0 radical (unpaired) electrons. The minimum absolute atomic E-state index is 0.0621. The fraction of sp³-hybridized carbons (Fsp3) is 0. The number of benzene rings is 3. The zero-order valence-electron chi connectivity index (χ0n) is 26.9. The molecule has 6 N–H and O–H groups in total. The molecule has 7 nitrogen and oxygen atoms in total. The summed E-state index contributed by atoms with van der Waals surface area (Å²) in [5.41, 5.74) is -10.2. The van der Waals surface area contributed by atoms with Crippen LogP contribution in [-0.2, 0) is 0 Å². The van der Waals surface area contributed by atoms with Crippen LogP contribution in [-0.4, -0.2) is 35.3 Å². The van der Waals surface area contributed by atoms with Crippen LogP contribution in [0.15, 0.2) is 36.4 Å². The van der Waals surface area contributed by atoms with Crippen LogP contribution in [0.1, 0.15) is 11.4 Å². The van der Waals surface area contributed by atoms with Gasteiger partial charge in [0.1, 0.15) is 0 Å². The van der Waals surface area contributed by atoms with Crippen LogP contribution in [0.3, 0.4) is 0 Å². The van der Waals surface area contributed by atoms with Crippen LogP contribution in [0, 0.1) is 69.8 Å². The Bertz CT molecular complexity index is 2970. The number of hydrogen-bond donors (Lipinski definition) is 6. The van der Waals surface area contributed by atoms with E-state index in [0.29, 0.717) is 0 Å². The van der Waals surface area contributed by atoms with Crippen LogP contribution in [0.4, 0.5) is 52.7 Å². The van der Waals surface area contributed by atoms with Crippen molar-refractivity contribution in [2.24, 2.45) is 0 Å². The summed E-state index contributed by atoms with van der Waals surface area (Å²) < 4.78 is 182. The number of nitrogens with one attached hydrogen (secondary N) is 3. The van der Waals surface area contributed by atoms with Gasteiger partial charge in [0.05, 0.1) is 33.6 Å². The molecule has 19 heteroatoms. The van der Waals surface area contributed by atoms with E-state index in [9.17, 15) is 41.7 Å². The summed E-state index contributed by atoms with van der Waals surface area (Å²) in [6.07, 6.45) is 2.25. The highest BCUT2D eigenvalue weighted by Gasteiger charge is 2.32. The van der Waals surface area contributed by atoms with Gasteiger partial charge >= 0.3 is 0 Å². The van der Waals surface area contributed by atoms with Gasteiger partial charge < -0.3 is 30.3 Å². The fourth-order valence-electron chi connectivity index (χ4n) is 6.46. The number of aromatic amines is 3. The third-order valence-electron chi connectivity index (χ3n) is 9.05. The second-order valence-corrected chi connectivity index (χ2v) is 12.1. The summed E-state index contributed by atoms with van der Waals surface area (Å²) in [5.74, 6) is -32.5. The SMILES string of the molecule is Oc1c(F)c(F)c(-c2c3nc(c4ccc([nH]4)c(-c4c(F)c(F)c(O)c(F)c4F)c4ccc([nH]4)c(-c4c(F)c(F)c(O)c(F)c4F)c4ccc2[nH]4)C=C3)c(F)c1F. The number of aromatic hydroxyl groups is 3. The molecule has 284 valence electrons. The number of hydrogen-bond acceptors (Lipinski definition) is 4.